The third-order valence-corrected chi connectivity index (χ3v) is 11.0. The minimum absolute atomic E-state index is 0.0791. The van der Waals surface area contributed by atoms with E-state index in [2.05, 4.69) is 74.2 Å². The highest BCUT2D eigenvalue weighted by molar-refractivity contribution is 14.1. The predicted octanol–water partition coefficient (Wildman–Crippen LogP) is 5.99. The van der Waals surface area contributed by atoms with Gasteiger partial charge in [0.1, 0.15) is 5.75 Å². The van der Waals surface area contributed by atoms with E-state index in [1.165, 1.54) is 0 Å². The third-order valence-electron chi connectivity index (χ3n) is 10.4. The van der Waals surface area contributed by atoms with Gasteiger partial charge in [-0.1, -0.05) is 63.2 Å². The molecule has 45 heavy (non-hydrogen) atoms. The average molecular weight is 721 g/mol. The maximum Gasteiger partial charge on any atom is 0.264 e. The number of ether oxygens (including phenoxy) is 2. The molecule has 5 atom stereocenters. The summed E-state index contributed by atoms with van der Waals surface area (Å²) < 4.78 is 13.5. The second-order valence-corrected chi connectivity index (χ2v) is 14.3. The van der Waals surface area contributed by atoms with Gasteiger partial charge in [-0.25, -0.2) is 0 Å². The van der Waals surface area contributed by atoms with Crippen LogP contribution in [0.3, 0.4) is 0 Å². The van der Waals surface area contributed by atoms with Crippen LogP contribution in [0.15, 0.2) is 79.4 Å². The first kappa shape index (κ1) is 31.8. The van der Waals surface area contributed by atoms with Crippen LogP contribution < -0.4 is 9.64 Å². The zero-order chi connectivity index (χ0) is 32.1. The lowest BCUT2D eigenvalue weighted by Crippen LogP contribution is -2.48. The van der Waals surface area contributed by atoms with E-state index in [1.807, 2.05) is 42.5 Å². The van der Waals surface area contributed by atoms with E-state index in [0.29, 0.717) is 19.5 Å². The van der Waals surface area contributed by atoms with E-state index in [9.17, 15) is 14.7 Å². The number of benzene rings is 3. The maximum atomic E-state index is 14.6. The lowest BCUT2D eigenvalue weighted by atomic mass is 9.63. The van der Waals surface area contributed by atoms with Crippen molar-refractivity contribution in [2.75, 3.05) is 25.2 Å². The quantitative estimate of drug-likeness (QED) is 0.229. The Kier molecular flexibility index (Phi) is 8.60. The fourth-order valence-corrected chi connectivity index (χ4v) is 8.62. The molecule has 3 aliphatic rings. The summed E-state index contributed by atoms with van der Waals surface area (Å²) in [6.07, 6.45) is 1.88. The molecule has 236 valence electrons. The molecule has 0 aliphatic carbocycles. The summed E-state index contributed by atoms with van der Waals surface area (Å²) >= 11 is 2.28. The summed E-state index contributed by atoms with van der Waals surface area (Å²) in [7, 11) is 1.65. The summed E-state index contributed by atoms with van der Waals surface area (Å²) in [4.78, 5) is 32.4. The molecule has 0 bridgehead atoms. The Morgan fingerprint density at radius 3 is 2.53 bits per heavy atom. The zero-order valence-corrected chi connectivity index (χ0v) is 28.5. The summed E-state index contributed by atoms with van der Waals surface area (Å²) in [5, 5.41) is 10.3. The van der Waals surface area contributed by atoms with Gasteiger partial charge in [0.15, 0.2) is 5.60 Å². The number of anilines is 1. The van der Waals surface area contributed by atoms with Crippen LogP contribution in [-0.4, -0.2) is 54.2 Å². The highest BCUT2D eigenvalue weighted by Crippen LogP contribution is 2.60. The Labute approximate surface area is 279 Å². The van der Waals surface area contributed by atoms with Gasteiger partial charge >= 0.3 is 0 Å². The maximum absolute atomic E-state index is 14.6. The number of carbonyl (C=O) groups excluding carboxylic acids is 2. The molecule has 0 unspecified atom stereocenters. The van der Waals surface area contributed by atoms with E-state index in [0.717, 1.165) is 37.3 Å². The fourth-order valence-electron chi connectivity index (χ4n) is 8.13. The van der Waals surface area contributed by atoms with Crippen LogP contribution in [0.25, 0.3) is 0 Å². The second kappa shape index (κ2) is 12.2. The average Bonchev–Trinajstić information content (AvgIpc) is 3.46. The van der Waals surface area contributed by atoms with Crippen LogP contribution in [0.1, 0.15) is 49.4 Å². The molecule has 2 amide bonds. The molecule has 3 aromatic carbocycles. The number of methoxy groups -OCH3 is 1. The van der Waals surface area contributed by atoms with Crippen LogP contribution in [0.2, 0.25) is 0 Å². The number of hydrogen-bond donors (Lipinski definition) is 1. The van der Waals surface area contributed by atoms with Crippen molar-refractivity contribution in [2.45, 2.75) is 63.3 Å². The van der Waals surface area contributed by atoms with Crippen molar-refractivity contribution in [3.63, 3.8) is 0 Å². The van der Waals surface area contributed by atoms with Crippen molar-refractivity contribution in [2.24, 2.45) is 11.8 Å². The van der Waals surface area contributed by atoms with Gasteiger partial charge < -0.3 is 24.4 Å². The molecule has 3 heterocycles. The predicted molar refractivity (Wildman–Crippen MR) is 183 cm³/mol. The van der Waals surface area contributed by atoms with Crippen molar-refractivity contribution in [3.8, 4) is 5.75 Å². The molecule has 6 rings (SSSR count). The van der Waals surface area contributed by atoms with Crippen molar-refractivity contribution in [3.05, 3.63) is 105 Å². The van der Waals surface area contributed by atoms with Gasteiger partial charge in [-0.15, -0.1) is 6.58 Å². The first-order valence-corrected chi connectivity index (χ1v) is 16.7. The standard InChI is InChI=1S/C37H41IN2O5/c1-6-17-39-31-16-13-27(38)19-30(31)37(35(39)43)23(2)34(36(3,4)26-11-14-29(44-5)15-12-26)32(45-37)20-33(42)40-21-25-10-8-7-9-24(25)18-28(40)22-41/h6-16,19,23,28,32,34,41H,1,17-18,20-22H2,2-5H3/t23-,28-,32+,34-,37+/m0/s1. The molecule has 1 spiro atoms. The van der Waals surface area contributed by atoms with Gasteiger partial charge in [-0.2, -0.15) is 0 Å². The van der Waals surface area contributed by atoms with Crippen LogP contribution in [0, 0.1) is 15.4 Å². The van der Waals surface area contributed by atoms with Crippen molar-refractivity contribution in [1.82, 2.24) is 4.90 Å². The number of carbonyl (C=O) groups is 2. The third kappa shape index (κ3) is 5.19. The molecule has 0 aromatic heterocycles. The Morgan fingerprint density at radius 2 is 1.87 bits per heavy atom. The van der Waals surface area contributed by atoms with E-state index in [-0.39, 0.29) is 42.7 Å². The zero-order valence-electron chi connectivity index (χ0n) is 26.3. The Morgan fingerprint density at radius 1 is 1.16 bits per heavy atom. The number of amides is 2. The topological polar surface area (TPSA) is 79.3 Å². The van der Waals surface area contributed by atoms with E-state index in [1.54, 1.807) is 23.0 Å². The largest absolute Gasteiger partial charge is 0.497 e. The van der Waals surface area contributed by atoms with Crippen LogP contribution in [0.5, 0.6) is 5.75 Å². The molecule has 0 saturated carbocycles. The van der Waals surface area contributed by atoms with E-state index >= 15 is 0 Å². The molecular formula is C37H41IN2O5. The molecule has 1 fully saturated rings. The second-order valence-electron chi connectivity index (χ2n) is 13.1. The lowest BCUT2D eigenvalue weighted by molar-refractivity contribution is -0.151. The number of rotatable bonds is 8. The molecule has 3 aromatic rings. The minimum Gasteiger partial charge on any atom is -0.497 e. The minimum atomic E-state index is -1.25. The highest BCUT2D eigenvalue weighted by Gasteiger charge is 2.66. The number of halogens is 1. The van der Waals surface area contributed by atoms with Gasteiger partial charge in [-0.05, 0) is 81.4 Å². The van der Waals surface area contributed by atoms with E-state index < -0.39 is 17.1 Å². The number of aliphatic hydroxyl groups excluding tert-OH is 1. The summed E-state index contributed by atoms with van der Waals surface area (Å²) in [5.74, 6) is 0.116. The molecule has 7 nitrogen and oxygen atoms in total. The fraction of sp³-hybridized carbons (Fsp3) is 0.405. The SMILES string of the molecule is C=CCN1C(=O)[C@]2(O[C@H](CC(=O)N3Cc4ccccc4C[C@H]3CO)[C@@H](C(C)(C)c3ccc(OC)cc3)[C@@H]2C)c2cc(I)ccc21. The molecular weight excluding hydrogens is 679 g/mol. The van der Waals surface area contributed by atoms with Crippen LogP contribution >= 0.6 is 22.6 Å². The number of fused-ring (bicyclic) bond motifs is 3. The smallest absolute Gasteiger partial charge is 0.264 e. The van der Waals surface area contributed by atoms with Gasteiger partial charge in [0, 0.05) is 34.1 Å². The normalized spacial score (nSPS) is 25.8. The Bertz CT molecular complexity index is 1620. The Hall–Kier alpha value is -3.21. The molecule has 1 saturated heterocycles. The monoisotopic (exact) mass is 720 g/mol. The first-order chi connectivity index (χ1) is 21.6. The van der Waals surface area contributed by atoms with Gasteiger partial charge in [0.05, 0.1) is 38.0 Å². The van der Waals surface area contributed by atoms with Crippen LogP contribution in [-0.2, 0) is 38.3 Å². The van der Waals surface area contributed by atoms with Crippen molar-refractivity contribution >= 4 is 40.1 Å². The van der Waals surface area contributed by atoms with Crippen molar-refractivity contribution < 1.29 is 24.2 Å². The number of hydrogen-bond acceptors (Lipinski definition) is 5. The van der Waals surface area contributed by atoms with Gasteiger partial charge in [0.25, 0.3) is 5.91 Å². The number of nitrogens with zero attached hydrogens (tertiary/aromatic N) is 2. The number of aliphatic hydroxyl groups is 1. The summed E-state index contributed by atoms with van der Waals surface area (Å²) in [5.41, 5.74) is 3.29. The summed E-state index contributed by atoms with van der Waals surface area (Å²) in [6, 6.07) is 21.9. The first-order valence-electron chi connectivity index (χ1n) is 15.6. The van der Waals surface area contributed by atoms with E-state index in [4.69, 9.17) is 9.47 Å². The van der Waals surface area contributed by atoms with Crippen molar-refractivity contribution in [1.29, 1.82) is 0 Å². The van der Waals surface area contributed by atoms with Gasteiger partial charge in [-0.3, -0.25) is 9.59 Å². The van der Waals surface area contributed by atoms with Crippen LogP contribution in [0.4, 0.5) is 5.69 Å². The highest BCUT2D eigenvalue weighted by atomic mass is 127. The Balaban J connectivity index is 1.43. The summed E-state index contributed by atoms with van der Waals surface area (Å²) in [6.45, 7) is 11.1. The molecule has 8 heteroatoms. The molecule has 3 aliphatic heterocycles. The lowest BCUT2D eigenvalue weighted by Gasteiger charge is -2.40. The molecule has 1 N–H and O–H groups in total. The molecule has 0 radical (unpaired) electrons. The van der Waals surface area contributed by atoms with Gasteiger partial charge in [0.2, 0.25) is 5.91 Å².